The average Bonchev–Trinajstić information content (AvgIpc) is 1.57. The van der Waals surface area contributed by atoms with E-state index in [9.17, 15) is 49.9 Å². The molecule has 6 aromatic carbocycles. The number of hydrogen-bond acceptors (Lipinski definition) is 18. The van der Waals surface area contributed by atoms with Gasteiger partial charge in [0.2, 0.25) is 0 Å². The lowest BCUT2D eigenvalue weighted by Gasteiger charge is -2.18. The first-order valence-corrected chi connectivity index (χ1v) is 37.0. The summed E-state index contributed by atoms with van der Waals surface area (Å²) < 4.78 is 74.2. The number of aromatic amines is 3. The fourth-order valence-corrected chi connectivity index (χ4v) is 13.8. The van der Waals surface area contributed by atoms with E-state index in [1.165, 1.54) is 0 Å². The van der Waals surface area contributed by atoms with Gasteiger partial charge in [-0.25, -0.2) is 55.2 Å². The molecule has 6 aromatic heterocycles. The minimum absolute atomic E-state index is 0. The third-order valence-electron chi connectivity index (χ3n) is 16.7. The molecule has 0 bridgehead atoms. The van der Waals surface area contributed by atoms with E-state index in [2.05, 4.69) is 60.8 Å². The zero-order chi connectivity index (χ0) is 72.3. The highest BCUT2D eigenvalue weighted by atomic mass is 32.2. The van der Waals surface area contributed by atoms with Crippen molar-refractivity contribution in [3.63, 3.8) is 0 Å². The van der Waals surface area contributed by atoms with Gasteiger partial charge in [-0.15, -0.1) is 0 Å². The maximum Gasteiger partial charge on any atom is 0.259 e. The Morgan fingerprint density at radius 3 is 1.28 bits per heavy atom. The maximum absolute atomic E-state index is 13.1. The molecule has 528 valence electrons. The van der Waals surface area contributed by atoms with Gasteiger partial charge >= 0.3 is 0 Å². The SMILES string of the molecule is CC(C)S(=O)(=O)c1ccc(-c2cnc3[nH]cc(C(=O)NCc4ccc(N(C)C)cc4)c3n2)cc1.CC(C)S(=O)(=O)c1ccc(-c2cnc3[nH]cc(C(=O)N[C@@H](CCO)c4ccccc4)c3n2)cc1.CC(C)S(=O)(=O)c1ccc(-c2cnc3[nH]cc(C(=O)Nc4ccccc4CCO)c3n2)cc1.[HH].[HH].[HH]. The summed E-state index contributed by atoms with van der Waals surface area (Å²) in [6, 6.07) is 43.9. The standard InChI is InChI=1S/C25H27N5O3S.C25H26N4O4S.C24H24N4O4S.3H2/c1-16(2)34(32,33)20-11-7-18(8-12-20)22-15-27-24-23(29-22)21(14-26-24)25(31)28-13-17-5-9-19(10-6-17)30(3)4;1-16(2)34(32,33)19-10-8-18(9-11-19)22-15-27-24-23(28-22)20(14-26-24)25(31)29-21(12-13-30)17-6-4-3-5-7-17;1-15(2)33(31,32)18-9-7-17(8-10-18)21-14-26-23-22(27-21)19(13-25-23)24(30)28-20-6-4-3-5-16(20)11-12-29;;;/h5-12,14-16H,13H2,1-4H3,(H,26,27)(H,28,31);3-11,14-16,21,30H,12-13H2,1-2H3,(H,26,27)(H,29,31);3-10,13-15,29H,11-12H2,1-2H3,(H,25,26)(H,28,30);3*1H/t;21-;;;;/m.0..../s1. The van der Waals surface area contributed by atoms with Crippen LogP contribution in [0.3, 0.4) is 0 Å². The number of amides is 3. The van der Waals surface area contributed by atoms with Crippen LogP contribution in [-0.2, 0) is 42.5 Å². The molecule has 0 saturated carbocycles. The van der Waals surface area contributed by atoms with Gasteiger partial charge in [-0.05, 0) is 126 Å². The van der Waals surface area contributed by atoms with E-state index in [1.807, 2.05) is 91.8 Å². The number of aromatic nitrogens is 9. The first-order valence-electron chi connectivity index (χ1n) is 32.4. The van der Waals surface area contributed by atoms with E-state index in [0.717, 1.165) is 22.4 Å². The number of H-pyrrole nitrogens is 3. The van der Waals surface area contributed by atoms with E-state index in [0.29, 0.717) is 109 Å². The van der Waals surface area contributed by atoms with Crippen LogP contribution in [0.4, 0.5) is 11.4 Å². The van der Waals surface area contributed by atoms with Gasteiger partial charge in [-0.1, -0.05) is 97.1 Å². The molecule has 12 rings (SSSR count). The second-order valence-electron chi connectivity index (χ2n) is 24.6. The smallest absolute Gasteiger partial charge is 0.259 e. The van der Waals surface area contributed by atoms with Gasteiger partial charge in [0.25, 0.3) is 17.7 Å². The van der Waals surface area contributed by atoms with E-state index < -0.39 is 45.3 Å². The molecule has 0 unspecified atom stereocenters. The molecule has 12 aromatic rings. The van der Waals surface area contributed by atoms with E-state index in [-0.39, 0.29) is 55.9 Å². The van der Waals surface area contributed by atoms with E-state index in [1.54, 1.807) is 158 Å². The number of hydrogen-bond donors (Lipinski definition) is 8. The average molecular weight is 1430 g/mol. The largest absolute Gasteiger partial charge is 0.396 e. The number of aliphatic hydroxyl groups excluding tert-OH is 2. The summed E-state index contributed by atoms with van der Waals surface area (Å²) in [4.78, 5) is 77.6. The maximum atomic E-state index is 13.1. The van der Waals surface area contributed by atoms with Crippen LogP contribution in [0.25, 0.3) is 67.3 Å². The summed E-state index contributed by atoms with van der Waals surface area (Å²) in [6.45, 7) is 10.2. The fraction of sp³-hybridized carbons (Fsp3) is 0.230. The molecule has 24 nitrogen and oxygen atoms in total. The number of aliphatic hydroxyl groups is 2. The molecule has 6 heterocycles. The molecule has 1 atom stereocenters. The Morgan fingerprint density at radius 1 is 0.485 bits per heavy atom. The molecule has 0 spiro atoms. The van der Waals surface area contributed by atoms with Gasteiger partial charge < -0.3 is 46.0 Å². The van der Waals surface area contributed by atoms with Crippen LogP contribution >= 0.6 is 0 Å². The Hall–Kier alpha value is -10.8. The monoisotopic (exact) mass is 1430 g/mol. The number of nitrogens with zero attached hydrogens (tertiary/aromatic N) is 7. The third kappa shape index (κ3) is 16.7. The molecular formula is C74H83N13O11S3. The number of benzene rings is 6. The molecule has 101 heavy (non-hydrogen) atoms. The van der Waals surface area contributed by atoms with Gasteiger partial charge in [0, 0.05) is 84.8 Å². The minimum atomic E-state index is -3.37. The van der Waals surface area contributed by atoms with Gasteiger partial charge in [-0.2, -0.15) is 0 Å². The summed E-state index contributed by atoms with van der Waals surface area (Å²) in [5.74, 6) is -0.942. The fourth-order valence-electron chi connectivity index (χ4n) is 10.6. The van der Waals surface area contributed by atoms with Crippen LogP contribution < -0.4 is 20.9 Å². The first kappa shape index (κ1) is 72.9. The van der Waals surface area contributed by atoms with Gasteiger partial charge in [0.05, 0.1) is 88.8 Å². The van der Waals surface area contributed by atoms with E-state index >= 15 is 0 Å². The summed E-state index contributed by atoms with van der Waals surface area (Å²) in [7, 11) is -6.13. The predicted molar refractivity (Wildman–Crippen MR) is 397 cm³/mol. The summed E-state index contributed by atoms with van der Waals surface area (Å²) >= 11 is 0. The zero-order valence-electron chi connectivity index (χ0n) is 56.7. The normalized spacial score (nSPS) is 12.0. The van der Waals surface area contributed by atoms with Crippen molar-refractivity contribution in [2.45, 2.75) is 97.4 Å². The van der Waals surface area contributed by atoms with Crippen LogP contribution in [0.1, 0.15) is 106 Å². The number of carbonyl (C=O) groups is 3. The number of nitrogens with one attached hydrogen (secondary N) is 6. The second-order valence-corrected chi connectivity index (χ2v) is 32.1. The van der Waals surface area contributed by atoms with Crippen molar-refractivity contribution in [2.24, 2.45) is 0 Å². The number of fused-ring (bicyclic) bond motifs is 3. The number of para-hydroxylation sites is 1. The minimum Gasteiger partial charge on any atom is -0.396 e. The lowest BCUT2D eigenvalue weighted by Crippen LogP contribution is -2.29. The van der Waals surface area contributed by atoms with Crippen LogP contribution in [0.5, 0.6) is 0 Å². The summed E-state index contributed by atoms with van der Waals surface area (Å²) in [5.41, 5.74) is 11.9. The predicted octanol–water partition coefficient (Wildman–Crippen LogP) is 11.8. The lowest BCUT2D eigenvalue weighted by molar-refractivity contribution is 0.0928. The number of anilines is 2. The van der Waals surface area contributed by atoms with Crippen molar-refractivity contribution in [1.82, 2.24) is 55.5 Å². The molecule has 0 saturated heterocycles. The number of carbonyl (C=O) groups excluding carboxylic acids is 3. The quantitative estimate of drug-likeness (QED) is 0.0312. The van der Waals surface area contributed by atoms with Crippen LogP contribution in [0.15, 0.2) is 204 Å². The Kier molecular flexibility index (Phi) is 22.8. The molecule has 27 heteroatoms. The molecule has 0 radical (unpaired) electrons. The molecule has 8 N–H and O–H groups in total. The Bertz CT molecular complexity index is 5300. The topological polar surface area (TPSA) is 358 Å². The zero-order valence-corrected chi connectivity index (χ0v) is 59.1. The first-order chi connectivity index (χ1) is 48.3. The van der Waals surface area contributed by atoms with Gasteiger partial charge in [-0.3, -0.25) is 14.4 Å². The Balaban J connectivity index is 0.000000215. The second kappa shape index (κ2) is 31.6. The molecule has 0 aliphatic carbocycles. The Morgan fingerprint density at radius 2 is 0.881 bits per heavy atom. The van der Waals surface area contributed by atoms with Gasteiger partial charge in [0.15, 0.2) is 46.5 Å². The molecular weight excluding hydrogens is 1340 g/mol. The highest BCUT2D eigenvalue weighted by Gasteiger charge is 2.25. The van der Waals surface area contributed by atoms with Crippen molar-refractivity contribution >= 4 is 92.1 Å². The van der Waals surface area contributed by atoms with E-state index in [4.69, 9.17) is 0 Å². The molecule has 0 fully saturated rings. The highest BCUT2D eigenvalue weighted by Crippen LogP contribution is 2.30. The van der Waals surface area contributed by atoms with Crippen LogP contribution in [-0.4, -0.2) is 141 Å². The lowest BCUT2D eigenvalue weighted by atomic mass is 10.0. The van der Waals surface area contributed by atoms with Crippen LogP contribution in [0.2, 0.25) is 0 Å². The summed E-state index contributed by atoms with van der Waals surface area (Å²) in [6.07, 6.45) is 10.3. The highest BCUT2D eigenvalue weighted by molar-refractivity contribution is 7.92. The molecule has 3 amide bonds. The summed E-state index contributed by atoms with van der Waals surface area (Å²) in [5, 5.41) is 26.0. The molecule has 0 aliphatic rings. The Labute approximate surface area is 589 Å². The number of sulfone groups is 3. The van der Waals surface area contributed by atoms with Crippen molar-refractivity contribution in [3.8, 4) is 33.8 Å². The van der Waals surface area contributed by atoms with Crippen molar-refractivity contribution in [2.75, 3.05) is 37.5 Å². The van der Waals surface area contributed by atoms with Crippen molar-refractivity contribution in [3.05, 3.63) is 222 Å². The van der Waals surface area contributed by atoms with Crippen LogP contribution in [0, 0.1) is 0 Å². The molecule has 0 aliphatic heterocycles. The third-order valence-corrected chi connectivity index (χ3v) is 23.2. The van der Waals surface area contributed by atoms with Gasteiger partial charge in [0.1, 0.15) is 16.6 Å². The van der Waals surface area contributed by atoms with Crippen molar-refractivity contribution < 1.29 is 54.1 Å². The number of rotatable bonds is 22. The van der Waals surface area contributed by atoms with Crippen molar-refractivity contribution in [1.29, 1.82) is 0 Å².